The molecule has 0 aliphatic carbocycles. The van der Waals surface area contributed by atoms with E-state index in [4.69, 9.17) is 18.6 Å². The summed E-state index contributed by atoms with van der Waals surface area (Å²) < 4.78 is 24.1. The van der Waals surface area contributed by atoms with E-state index in [1.54, 1.807) is 63.4 Å². The second-order valence-electron chi connectivity index (χ2n) is 9.94. The van der Waals surface area contributed by atoms with E-state index in [0.29, 0.717) is 49.0 Å². The maximum absolute atomic E-state index is 14.2. The molecule has 222 valence electrons. The van der Waals surface area contributed by atoms with Gasteiger partial charge in [-0.15, -0.1) is 0 Å². The number of thiazole rings is 1. The normalized spacial score (nSPS) is 14.7. The fraction of sp³-hybridized carbons (Fsp3) is 0.176. The van der Waals surface area contributed by atoms with Crippen molar-refractivity contribution in [3.63, 3.8) is 0 Å². The van der Waals surface area contributed by atoms with Gasteiger partial charge in [0.2, 0.25) is 0 Å². The largest absolute Gasteiger partial charge is 0.496 e. The summed E-state index contributed by atoms with van der Waals surface area (Å²) in [5, 5.41) is 1.77. The highest BCUT2D eigenvalue weighted by atomic mass is 32.1. The van der Waals surface area contributed by atoms with Crippen molar-refractivity contribution in [2.24, 2.45) is 4.99 Å². The molecule has 1 atom stereocenters. The maximum Gasteiger partial charge on any atom is 0.338 e. The number of hydrogen-bond acceptors (Lipinski definition) is 9. The van der Waals surface area contributed by atoms with Gasteiger partial charge in [0.25, 0.3) is 5.56 Å². The number of aromatic nitrogens is 1. The monoisotopic (exact) mass is 608 g/mol. The standard InChI is InChI=1S/C34H28N2O7S/c1-5-42-33(39)28-19(2)35-34-36(30(28)29-22-11-7-6-10-20(22)14-16-26(29)40-3)31(37)27(44-34)18-21-15-17-25(43-21)23-12-8-9-13-24(23)32(38)41-4/h6-18,30H,5H2,1-4H3/b27-18+/t30-/m0/s1. The van der Waals surface area contributed by atoms with Crippen LogP contribution in [-0.2, 0) is 14.3 Å². The van der Waals surface area contributed by atoms with Gasteiger partial charge in [0.1, 0.15) is 23.3 Å². The molecule has 0 fully saturated rings. The minimum atomic E-state index is -0.854. The number of carbonyl (C=O) groups is 2. The number of methoxy groups -OCH3 is 2. The lowest BCUT2D eigenvalue weighted by molar-refractivity contribution is -0.139. The fourth-order valence-electron chi connectivity index (χ4n) is 5.49. The second-order valence-corrected chi connectivity index (χ2v) is 11.0. The molecule has 44 heavy (non-hydrogen) atoms. The van der Waals surface area contributed by atoms with E-state index in [1.165, 1.54) is 23.0 Å². The second kappa shape index (κ2) is 11.8. The quantitative estimate of drug-likeness (QED) is 0.239. The molecule has 3 aromatic carbocycles. The first kappa shape index (κ1) is 28.9. The van der Waals surface area contributed by atoms with Gasteiger partial charge in [-0.1, -0.05) is 59.9 Å². The van der Waals surface area contributed by atoms with Crippen molar-refractivity contribution in [3.8, 4) is 17.1 Å². The highest BCUT2D eigenvalue weighted by Crippen LogP contribution is 2.40. The Morgan fingerprint density at radius 2 is 1.77 bits per heavy atom. The van der Waals surface area contributed by atoms with E-state index in [-0.39, 0.29) is 17.7 Å². The summed E-state index contributed by atoms with van der Waals surface area (Å²) in [6.07, 6.45) is 1.63. The predicted molar refractivity (Wildman–Crippen MR) is 166 cm³/mol. The number of ether oxygens (including phenoxy) is 3. The van der Waals surface area contributed by atoms with E-state index in [1.807, 2.05) is 36.4 Å². The van der Waals surface area contributed by atoms with E-state index >= 15 is 0 Å². The Labute approximate surface area is 255 Å². The SMILES string of the molecule is CCOC(=O)C1=C(C)N=c2s/c(=C/c3ccc(-c4ccccc4C(=O)OC)o3)c(=O)n2[C@@H]1c1c(OC)ccc2ccccc12. The molecule has 2 aromatic heterocycles. The zero-order valence-corrected chi connectivity index (χ0v) is 25.3. The van der Waals surface area contributed by atoms with E-state index in [9.17, 15) is 14.4 Å². The van der Waals surface area contributed by atoms with Gasteiger partial charge in [-0.25, -0.2) is 14.6 Å². The first-order chi connectivity index (χ1) is 21.4. The van der Waals surface area contributed by atoms with Crippen molar-refractivity contribution in [2.75, 3.05) is 20.8 Å². The molecule has 0 unspecified atom stereocenters. The van der Waals surface area contributed by atoms with Crippen LogP contribution in [0.1, 0.15) is 41.6 Å². The summed E-state index contributed by atoms with van der Waals surface area (Å²) in [5.41, 5.74) is 1.96. The molecule has 3 heterocycles. The van der Waals surface area contributed by atoms with Gasteiger partial charge >= 0.3 is 11.9 Å². The number of rotatable bonds is 7. The number of hydrogen-bond donors (Lipinski definition) is 0. The number of carbonyl (C=O) groups excluding carboxylic acids is 2. The summed E-state index contributed by atoms with van der Waals surface area (Å²) in [4.78, 5) is 45.0. The highest BCUT2D eigenvalue weighted by molar-refractivity contribution is 7.07. The lowest BCUT2D eigenvalue weighted by Gasteiger charge is -2.27. The van der Waals surface area contributed by atoms with Crippen LogP contribution in [0.4, 0.5) is 0 Å². The molecule has 1 aliphatic rings. The fourth-order valence-corrected chi connectivity index (χ4v) is 6.52. The smallest absolute Gasteiger partial charge is 0.338 e. The third-order valence-corrected chi connectivity index (χ3v) is 8.42. The molecule has 6 rings (SSSR count). The Kier molecular flexibility index (Phi) is 7.75. The highest BCUT2D eigenvalue weighted by Gasteiger charge is 2.36. The number of nitrogens with zero attached hydrogens (tertiary/aromatic N) is 2. The van der Waals surface area contributed by atoms with E-state index < -0.39 is 18.0 Å². The summed E-state index contributed by atoms with van der Waals surface area (Å²) in [7, 11) is 2.88. The molecule has 0 saturated carbocycles. The van der Waals surface area contributed by atoms with Crippen LogP contribution in [0.15, 0.2) is 98.3 Å². The molecule has 0 radical (unpaired) electrons. The van der Waals surface area contributed by atoms with Crippen LogP contribution in [0, 0.1) is 0 Å². The molecule has 0 bridgehead atoms. The van der Waals surface area contributed by atoms with Gasteiger partial charge in [-0.3, -0.25) is 9.36 Å². The minimum Gasteiger partial charge on any atom is -0.496 e. The van der Waals surface area contributed by atoms with Crippen LogP contribution in [-0.4, -0.2) is 37.3 Å². The van der Waals surface area contributed by atoms with Crippen LogP contribution < -0.4 is 19.6 Å². The van der Waals surface area contributed by atoms with E-state index in [2.05, 4.69) is 4.99 Å². The molecule has 0 N–H and O–H groups in total. The molecule has 1 aliphatic heterocycles. The van der Waals surface area contributed by atoms with Crippen molar-refractivity contribution >= 4 is 40.1 Å². The lowest BCUT2D eigenvalue weighted by atomic mass is 9.90. The maximum atomic E-state index is 14.2. The number of furan rings is 1. The van der Waals surface area contributed by atoms with Crippen molar-refractivity contribution in [1.82, 2.24) is 4.57 Å². The third kappa shape index (κ3) is 4.92. The van der Waals surface area contributed by atoms with Gasteiger partial charge in [-0.2, -0.15) is 0 Å². The van der Waals surface area contributed by atoms with Crippen LogP contribution >= 0.6 is 11.3 Å². The molecule has 5 aromatic rings. The van der Waals surface area contributed by atoms with Gasteiger partial charge in [-0.05, 0) is 48.9 Å². The molecule has 0 saturated heterocycles. The number of esters is 2. The lowest BCUT2D eigenvalue weighted by Crippen LogP contribution is -2.40. The van der Waals surface area contributed by atoms with Gasteiger partial charge in [0.05, 0.1) is 42.2 Å². The Morgan fingerprint density at radius 3 is 2.55 bits per heavy atom. The van der Waals surface area contributed by atoms with Crippen molar-refractivity contribution < 1.29 is 28.2 Å². The average molecular weight is 609 g/mol. The summed E-state index contributed by atoms with van der Waals surface area (Å²) in [6, 6.07) is 21.1. The number of fused-ring (bicyclic) bond motifs is 2. The van der Waals surface area contributed by atoms with Crippen LogP contribution in [0.5, 0.6) is 5.75 Å². The molecule has 9 nitrogen and oxygen atoms in total. The zero-order chi connectivity index (χ0) is 31.0. The van der Waals surface area contributed by atoms with Gasteiger partial charge < -0.3 is 18.6 Å². The van der Waals surface area contributed by atoms with Crippen molar-refractivity contribution in [1.29, 1.82) is 0 Å². The van der Waals surface area contributed by atoms with Crippen LogP contribution in [0.25, 0.3) is 28.2 Å². The Hall–Kier alpha value is -5.22. The summed E-state index contributed by atoms with van der Waals surface area (Å²) in [6.45, 7) is 3.64. The Morgan fingerprint density at radius 1 is 1.00 bits per heavy atom. The first-order valence-electron chi connectivity index (χ1n) is 13.9. The molecular formula is C34H28N2O7S. The predicted octanol–water partition coefficient (Wildman–Crippen LogP) is 5.01. The number of benzene rings is 3. The van der Waals surface area contributed by atoms with Gasteiger partial charge in [0.15, 0.2) is 4.80 Å². The van der Waals surface area contributed by atoms with Crippen molar-refractivity contribution in [2.45, 2.75) is 19.9 Å². The Bertz CT molecular complexity index is 2150. The average Bonchev–Trinajstić information content (AvgIpc) is 3.63. The van der Waals surface area contributed by atoms with Gasteiger partial charge in [0, 0.05) is 17.2 Å². The van der Waals surface area contributed by atoms with Crippen molar-refractivity contribution in [3.05, 3.63) is 121 Å². The van der Waals surface area contributed by atoms with E-state index in [0.717, 1.165) is 10.8 Å². The molecule has 0 amide bonds. The van der Waals surface area contributed by atoms with Crippen LogP contribution in [0.2, 0.25) is 0 Å². The molecular weight excluding hydrogens is 580 g/mol. The summed E-state index contributed by atoms with van der Waals surface area (Å²) >= 11 is 1.19. The minimum absolute atomic E-state index is 0.166. The topological polar surface area (TPSA) is 109 Å². The Balaban J connectivity index is 1.55. The summed E-state index contributed by atoms with van der Waals surface area (Å²) in [5.74, 6) is 0.348. The van der Waals surface area contributed by atoms with Crippen LogP contribution in [0.3, 0.4) is 0 Å². The molecule has 10 heteroatoms. The third-order valence-electron chi connectivity index (χ3n) is 7.44. The number of allylic oxidation sites excluding steroid dienone is 1. The molecule has 0 spiro atoms. The zero-order valence-electron chi connectivity index (χ0n) is 24.5. The first-order valence-corrected chi connectivity index (χ1v) is 14.7.